The van der Waals surface area contributed by atoms with Crippen molar-refractivity contribution in [3.05, 3.63) is 60.8 Å². The zero-order valence-corrected chi connectivity index (χ0v) is 27.5. The number of likely N-dealkylation sites (tertiary alicyclic amines) is 2. The van der Waals surface area contributed by atoms with Gasteiger partial charge in [0.05, 0.1) is 11.7 Å². The summed E-state index contributed by atoms with van der Waals surface area (Å²) in [4.78, 5) is 46.0. The topological polar surface area (TPSA) is 126 Å². The van der Waals surface area contributed by atoms with Crippen molar-refractivity contribution in [3.8, 4) is 22.4 Å². The van der Waals surface area contributed by atoms with Crippen molar-refractivity contribution in [1.29, 1.82) is 0 Å². The molecular formula is C35H43N7O4. The zero-order chi connectivity index (χ0) is 32.6. The minimum absolute atomic E-state index is 0.0703. The summed E-state index contributed by atoms with van der Waals surface area (Å²) in [5, 5.41) is 5.54. The van der Waals surface area contributed by atoms with Crippen LogP contribution < -0.4 is 5.32 Å². The molecule has 2 amide bonds. The summed E-state index contributed by atoms with van der Waals surface area (Å²) in [5.41, 5.74) is 2.72. The number of hydrogen-bond donors (Lipinski definition) is 2. The highest BCUT2D eigenvalue weighted by atomic mass is 16.6. The highest BCUT2D eigenvalue weighted by molar-refractivity contribution is 5.90. The quantitative estimate of drug-likeness (QED) is 0.239. The highest BCUT2D eigenvalue weighted by Crippen LogP contribution is 2.34. The van der Waals surface area contributed by atoms with Crippen LogP contribution >= 0.6 is 0 Å². The van der Waals surface area contributed by atoms with Gasteiger partial charge in [-0.2, -0.15) is 0 Å². The van der Waals surface area contributed by atoms with Crippen molar-refractivity contribution in [3.63, 3.8) is 0 Å². The van der Waals surface area contributed by atoms with Crippen LogP contribution in [-0.2, 0) is 9.47 Å². The second kappa shape index (κ2) is 12.3. The third-order valence-electron chi connectivity index (χ3n) is 8.09. The van der Waals surface area contributed by atoms with Crippen LogP contribution in [0.3, 0.4) is 0 Å². The zero-order valence-electron chi connectivity index (χ0n) is 27.5. The van der Waals surface area contributed by atoms with Gasteiger partial charge in [0, 0.05) is 55.4 Å². The van der Waals surface area contributed by atoms with Gasteiger partial charge in [0.25, 0.3) is 0 Å². The summed E-state index contributed by atoms with van der Waals surface area (Å²) in [7, 11) is 0. The minimum atomic E-state index is -0.541. The molecule has 4 aromatic rings. The fourth-order valence-corrected chi connectivity index (χ4v) is 5.93. The predicted molar refractivity (Wildman–Crippen MR) is 177 cm³/mol. The highest BCUT2D eigenvalue weighted by Gasteiger charge is 2.35. The fourth-order valence-electron chi connectivity index (χ4n) is 5.93. The third-order valence-corrected chi connectivity index (χ3v) is 8.09. The molecule has 6 rings (SSSR count). The number of H-pyrrole nitrogens is 1. The number of fused-ring (bicyclic) bond motifs is 1. The molecule has 2 N–H and O–H groups in total. The van der Waals surface area contributed by atoms with Gasteiger partial charge < -0.3 is 24.7 Å². The number of rotatable bonds is 5. The largest absolute Gasteiger partial charge is 0.444 e. The van der Waals surface area contributed by atoms with Gasteiger partial charge in [-0.3, -0.25) is 4.90 Å². The Hall–Kier alpha value is -4.67. The summed E-state index contributed by atoms with van der Waals surface area (Å²) in [6, 6.07) is 12.5. The van der Waals surface area contributed by atoms with E-state index in [1.54, 1.807) is 9.80 Å². The van der Waals surface area contributed by atoms with E-state index in [-0.39, 0.29) is 24.3 Å². The first-order chi connectivity index (χ1) is 21.8. The molecule has 2 aromatic carbocycles. The summed E-state index contributed by atoms with van der Waals surface area (Å²) < 4.78 is 11.1. The normalized spacial score (nSPS) is 18.7. The number of aromatic nitrogens is 4. The van der Waals surface area contributed by atoms with Crippen molar-refractivity contribution in [2.45, 2.75) is 84.1 Å². The Bertz CT molecular complexity index is 1720. The molecule has 11 heteroatoms. The number of nitrogens with zero attached hydrogens (tertiary/aromatic N) is 5. The molecule has 11 nitrogen and oxygen atoms in total. The van der Waals surface area contributed by atoms with Gasteiger partial charge in [-0.1, -0.05) is 24.3 Å². The Morgan fingerprint density at radius 2 is 1.50 bits per heavy atom. The lowest BCUT2D eigenvalue weighted by atomic mass is 10.0. The van der Waals surface area contributed by atoms with Gasteiger partial charge in [0.15, 0.2) is 0 Å². The van der Waals surface area contributed by atoms with E-state index < -0.39 is 11.2 Å². The summed E-state index contributed by atoms with van der Waals surface area (Å²) >= 11 is 0. The van der Waals surface area contributed by atoms with Gasteiger partial charge in [-0.15, -0.1) is 0 Å². The van der Waals surface area contributed by atoms with Gasteiger partial charge >= 0.3 is 12.2 Å². The van der Waals surface area contributed by atoms with Crippen LogP contribution in [0.2, 0.25) is 0 Å². The van der Waals surface area contributed by atoms with E-state index in [1.165, 1.54) is 0 Å². The lowest BCUT2D eigenvalue weighted by molar-refractivity contribution is 0.0217. The van der Waals surface area contributed by atoms with E-state index in [0.29, 0.717) is 25.6 Å². The molecule has 0 spiro atoms. The molecule has 0 bridgehead atoms. The van der Waals surface area contributed by atoms with Crippen molar-refractivity contribution in [1.82, 2.24) is 29.7 Å². The molecule has 0 radical (unpaired) electrons. The second-order valence-corrected chi connectivity index (χ2v) is 14.1. The Kier molecular flexibility index (Phi) is 8.35. The molecule has 2 atom stereocenters. The molecule has 2 aromatic heterocycles. The number of aromatic amines is 1. The van der Waals surface area contributed by atoms with E-state index in [1.807, 2.05) is 60.1 Å². The summed E-state index contributed by atoms with van der Waals surface area (Å²) in [5.74, 6) is 1.32. The van der Waals surface area contributed by atoms with Crippen molar-refractivity contribution in [2.24, 2.45) is 0 Å². The molecule has 2 aliphatic heterocycles. The molecule has 4 heterocycles. The van der Waals surface area contributed by atoms with Crippen molar-refractivity contribution >= 4 is 28.9 Å². The van der Waals surface area contributed by atoms with Gasteiger partial charge in [0.1, 0.15) is 17.0 Å². The Morgan fingerprint density at radius 1 is 0.848 bits per heavy atom. The van der Waals surface area contributed by atoms with Crippen LogP contribution in [0.1, 0.15) is 72.7 Å². The fraction of sp³-hybridized carbons (Fsp3) is 0.457. The Labute approximate surface area is 269 Å². The third kappa shape index (κ3) is 7.24. The number of ether oxygens (including phenoxy) is 2. The van der Waals surface area contributed by atoms with E-state index in [9.17, 15) is 9.59 Å². The number of hydrogen-bond acceptors (Lipinski definition) is 8. The standard InChI is InChI=1S/C35H43N7O4/c1-34(2,3)45-32(43)41-15-13-27(21-41)39-31-37-18-26(19-38-31)24-10-9-23-17-25(12-11-22(23)16-24)28-20-36-30(40-28)29-8-7-14-42(29)33(44)46-35(4,5)6/h9-12,16-20,27,29H,7-8,13-15,21H2,1-6H3,(H,36,40)(H,37,38,39)/t27?,29-/m0/s1. The smallest absolute Gasteiger partial charge is 0.410 e. The van der Waals surface area contributed by atoms with Crippen LogP contribution in [0.15, 0.2) is 55.0 Å². The second-order valence-electron chi connectivity index (χ2n) is 14.1. The van der Waals surface area contributed by atoms with E-state index in [4.69, 9.17) is 14.5 Å². The molecular weight excluding hydrogens is 582 g/mol. The number of carbonyl (C=O) groups is 2. The molecule has 0 aliphatic carbocycles. The maximum absolute atomic E-state index is 12.8. The first kappa shape index (κ1) is 31.3. The average Bonchev–Trinajstić information content (AvgIpc) is 3.76. The molecule has 2 fully saturated rings. The Balaban J connectivity index is 1.10. The predicted octanol–water partition coefficient (Wildman–Crippen LogP) is 7.18. The summed E-state index contributed by atoms with van der Waals surface area (Å²) in [6.07, 6.45) is 7.53. The van der Waals surface area contributed by atoms with Crippen LogP contribution in [0, 0.1) is 0 Å². The van der Waals surface area contributed by atoms with E-state index in [2.05, 4.69) is 56.7 Å². The van der Waals surface area contributed by atoms with E-state index >= 15 is 0 Å². The molecule has 46 heavy (non-hydrogen) atoms. The van der Waals surface area contributed by atoms with Crippen LogP contribution in [0.5, 0.6) is 0 Å². The number of carbonyl (C=O) groups excluding carboxylic acids is 2. The number of amides is 2. The van der Waals surface area contributed by atoms with Gasteiger partial charge in [0.2, 0.25) is 5.95 Å². The van der Waals surface area contributed by atoms with Crippen LogP contribution in [0.4, 0.5) is 15.5 Å². The first-order valence-electron chi connectivity index (χ1n) is 16.0. The molecule has 2 saturated heterocycles. The maximum atomic E-state index is 12.8. The van der Waals surface area contributed by atoms with Crippen LogP contribution in [0.25, 0.3) is 33.2 Å². The van der Waals surface area contributed by atoms with Crippen molar-refractivity contribution < 1.29 is 19.1 Å². The van der Waals surface area contributed by atoms with Gasteiger partial charge in [-0.25, -0.2) is 24.5 Å². The number of benzene rings is 2. The molecule has 1 unspecified atom stereocenters. The molecule has 2 aliphatic rings. The number of anilines is 1. The number of nitrogens with one attached hydrogen (secondary N) is 2. The van der Waals surface area contributed by atoms with Crippen molar-refractivity contribution in [2.75, 3.05) is 25.0 Å². The molecule has 242 valence electrons. The first-order valence-corrected chi connectivity index (χ1v) is 16.0. The van der Waals surface area contributed by atoms with Gasteiger partial charge in [-0.05, 0) is 89.3 Å². The SMILES string of the molecule is CC(C)(C)OC(=O)N1CCC(Nc2ncc(-c3ccc4cc(-c5c[nH]c([C@@H]6CCCN6C(=O)OC(C)(C)C)n5)ccc4c3)cn2)C1. The van der Waals surface area contributed by atoms with E-state index in [0.717, 1.165) is 58.2 Å². The van der Waals surface area contributed by atoms with Crippen LogP contribution in [-0.4, -0.2) is 78.8 Å². The Morgan fingerprint density at radius 3 is 2.20 bits per heavy atom. The lowest BCUT2D eigenvalue weighted by Crippen LogP contribution is -2.36. The lowest BCUT2D eigenvalue weighted by Gasteiger charge is -2.27. The average molecular weight is 626 g/mol. The number of imidazole rings is 1. The molecule has 0 saturated carbocycles. The monoisotopic (exact) mass is 625 g/mol. The summed E-state index contributed by atoms with van der Waals surface area (Å²) in [6.45, 7) is 13.1. The maximum Gasteiger partial charge on any atom is 0.410 e. The minimum Gasteiger partial charge on any atom is -0.444 e.